The average Bonchev–Trinajstić information content (AvgIpc) is 2.46. The fraction of sp³-hybridized carbons (Fsp3) is 0.353. The maximum atomic E-state index is 8.88. The Labute approximate surface area is 147 Å². The van der Waals surface area contributed by atoms with Crippen molar-refractivity contribution in [3.63, 3.8) is 0 Å². The number of aryl methyl sites for hydroxylation is 1. The van der Waals surface area contributed by atoms with E-state index in [-0.39, 0.29) is 5.41 Å². The molecular formula is C17H24NO4PS. The zero-order valence-corrected chi connectivity index (χ0v) is 15.8. The third-order valence-corrected chi connectivity index (χ3v) is 4.14. The standard InChI is InChI=1S/C17H21NS.H3O4P/c1-17(2,3)15-4-6-16(7-5-15)19-13-10-14-8-11-18-12-9-14;1-5(2,3)4/h4-9,11-12H,10,13H2,1-3H3;(H3,1,2,3,4). The number of benzene rings is 1. The number of hydrogen-bond acceptors (Lipinski definition) is 3. The SMILES string of the molecule is CC(C)(C)c1ccc(SCCc2ccncc2)cc1.O=P(O)(O)O. The van der Waals surface area contributed by atoms with Gasteiger partial charge in [0.1, 0.15) is 0 Å². The molecule has 2 rings (SSSR count). The molecule has 3 N–H and O–H groups in total. The highest BCUT2D eigenvalue weighted by Crippen LogP contribution is 2.26. The van der Waals surface area contributed by atoms with Gasteiger partial charge in [0.25, 0.3) is 0 Å². The number of pyridine rings is 1. The van der Waals surface area contributed by atoms with E-state index in [0.29, 0.717) is 0 Å². The van der Waals surface area contributed by atoms with Crippen molar-refractivity contribution in [3.8, 4) is 0 Å². The van der Waals surface area contributed by atoms with Crippen LogP contribution in [0.1, 0.15) is 31.9 Å². The minimum absolute atomic E-state index is 0.236. The molecule has 132 valence electrons. The van der Waals surface area contributed by atoms with Crippen molar-refractivity contribution in [1.29, 1.82) is 0 Å². The van der Waals surface area contributed by atoms with E-state index in [9.17, 15) is 0 Å². The molecule has 1 aromatic heterocycles. The summed E-state index contributed by atoms with van der Waals surface area (Å²) in [6.45, 7) is 6.75. The molecule has 2 aromatic rings. The minimum Gasteiger partial charge on any atom is -0.303 e. The Bertz CT molecular complexity index is 642. The van der Waals surface area contributed by atoms with Crippen LogP contribution in [0.15, 0.2) is 53.7 Å². The van der Waals surface area contributed by atoms with Crippen LogP contribution in [0.5, 0.6) is 0 Å². The van der Waals surface area contributed by atoms with E-state index >= 15 is 0 Å². The Morgan fingerprint density at radius 1 is 1.00 bits per heavy atom. The Morgan fingerprint density at radius 3 is 1.96 bits per heavy atom. The summed E-state index contributed by atoms with van der Waals surface area (Å²) in [4.78, 5) is 26.9. The van der Waals surface area contributed by atoms with Gasteiger partial charge in [0.2, 0.25) is 0 Å². The van der Waals surface area contributed by atoms with E-state index in [2.05, 4.69) is 62.2 Å². The molecule has 0 aliphatic carbocycles. The van der Waals surface area contributed by atoms with Gasteiger partial charge in [-0.05, 0) is 47.2 Å². The fourth-order valence-corrected chi connectivity index (χ4v) is 2.79. The molecule has 24 heavy (non-hydrogen) atoms. The number of rotatable bonds is 4. The lowest BCUT2D eigenvalue weighted by Gasteiger charge is -2.19. The molecule has 0 aliphatic heterocycles. The fourth-order valence-electron chi connectivity index (χ4n) is 1.89. The quantitative estimate of drug-likeness (QED) is 0.561. The van der Waals surface area contributed by atoms with Crippen LogP contribution in [0, 0.1) is 0 Å². The Hall–Kier alpha value is -1.17. The largest absolute Gasteiger partial charge is 0.466 e. The summed E-state index contributed by atoms with van der Waals surface area (Å²) < 4.78 is 8.88. The summed E-state index contributed by atoms with van der Waals surface area (Å²) in [6, 6.07) is 13.1. The monoisotopic (exact) mass is 369 g/mol. The molecule has 5 nitrogen and oxygen atoms in total. The van der Waals surface area contributed by atoms with E-state index < -0.39 is 7.82 Å². The van der Waals surface area contributed by atoms with Gasteiger partial charge in [0, 0.05) is 23.0 Å². The second kappa shape index (κ2) is 9.35. The van der Waals surface area contributed by atoms with Crippen LogP contribution in [0.3, 0.4) is 0 Å². The first kappa shape index (κ1) is 20.9. The highest BCUT2D eigenvalue weighted by atomic mass is 32.2. The summed E-state index contributed by atoms with van der Waals surface area (Å²) in [5, 5.41) is 0. The first-order valence-electron chi connectivity index (χ1n) is 7.46. The van der Waals surface area contributed by atoms with Crippen molar-refractivity contribution in [2.45, 2.75) is 37.5 Å². The molecule has 0 spiro atoms. The molecule has 1 heterocycles. The van der Waals surface area contributed by atoms with Gasteiger partial charge in [-0.1, -0.05) is 32.9 Å². The van der Waals surface area contributed by atoms with Crippen molar-refractivity contribution in [2.75, 3.05) is 5.75 Å². The molecule has 0 amide bonds. The van der Waals surface area contributed by atoms with E-state index in [0.717, 1.165) is 12.2 Å². The lowest BCUT2D eigenvalue weighted by Crippen LogP contribution is -2.10. The van der Waals surface area contributed by atoms with Crippen LogP contribution in [-0.4, -0.2) is 25.4 Å². The predicted octanol–water partition coefficient (Wildman–Crippen LogP) is 3.79. The predicted molar refractivity (Wildman–Crippen MR) is 98.1 cm³/mol. The molecule has 0 atom stereocenters. The second-order valence-electron chi connectivity index (χ2n) is 6.24. The van der Waals surface area contributed by atoms with E-state index in [1.54, 1.807) is 0 Å². The molecule has 0 unspecified atom stereocenters. The van der Waals surface area contributed by atoms with Crippen LogP contribution in [0.4, 0.5) is 0 Å². The Morgan fingerprint density at radius 2 is 1.50 bits per heavy atom. The molecule has 0 fully saturated rings. The smallest absolute Gasteiger partial charge is 0.303 e. The lowest BCUT2D eigenvalue weighted by molar-refractivity contribution is 0.275. The summed E-state index contributed by atoms with van der Waals surface area (Å²) in [5.41, 5.74) is 2.99. The number of hydrogen-bond donors (Lipinski definition) is 3. The summed E-state index contributed by atoms with van der Waals surface area (Å²) >= 11 is 1.91. The van der Waals surface area contributed by atoms with Gasteiger partial charge in [-0.3, -0.25) is 4.98 Å². The maximum Gasteiger partial charge on any atom is 0.466 e. The van der Waals surface area contributed by atoms with Crippen molar-refractivity contribution >= 4 is 19.6 Å². The first-order valence-corrected chi connectivity index (χ1v) is 10.0. The zero-order chi connectivity index (χ0) is 18.2. The molecular weight excluding hydrogens is 345 g/mol. The maximum absolute atomic E-state index is 8.88. The Balaban J connectivity index is 0.000000505. The second-order valence-corrected chi connectivity index (χ2v) is 8.44. The normalized spacial score (nSPS) is 11.6. The average molecular weight is 369 g/mol. The molecule has 0 saturated carbocycles. The molecule has 1 aromatic carbocycles. The number of thioether (sulfide) groups is 1. The third kappa shape index (κ3) is 9.85. The van der Waals surface area contributed by atoms with Crippen LogP contribution in [-0.2, 0) is 16.4 Å². The number of aromatic nitrogens is 1. The van der Waals surface area contributed by atoms with Crippen LogP contribution < -0.4 is 0 Å². The van der Waals surface area contributed by atoms with Crippen LogP contribution >= 0.6 is 19.6 Å². The number of phosphoric acid groups is 1. The van der Waals surface area contributed by atoms with Crippen LogP contribution in [0.2, 0.25) is 0 Å². The lowest BCUT2D eigenvalue weighted by atomic mass is 9.87. The highest BCUT2D eigenvalue weighted by molar-refractivity contribution is 7.99. The van der Waals surface area contributed by atoms with Gasteiger partial charge in [-0.2, -0.15) is 0 Å². The summed E-state index contributed by atoms with van der Waals surface area (Å²) in [7, 11) is -4.64. The Kier molecular flexibility index (Phi) is 8.13. The first-order chi connectivity index (χ1) is 11.1. The molecule has 0 radical (unpaired) electrons. The van der Waals surface area contributed by atoms with Crippen molar-refractivity contribution in [1.82, 2.24) is 4.98 Å². The topological polar surface area (TPSA) is 90.7 Å². The van der Waals surface area contributed by atoms with Crippen molar-refractivity contribution < 1.29 is 19.2 Å². The third-order valence-electron chi connectivity index (χ3n) is 3.13. The van der Waals surface area contributed by atoms with E-state index in [1.807, 2.05) is 24.2 Å². The molecule has 0 saturated heterocycles. The van der Waals surface area contributed by atoms with Crippen molar-refractivity contribution in [3.05, 3.63) is 59.9 Å². The van der Waals surface area contributed by atoms with Crippen molar-refractivity contribution in [2.24, 2.45) is 0 Å². The summed E-state index contributed by atoms with van der Waals surface area (Å²) in [6.07, 6.45) is 4.81. The summed E-state index contributed by atoms with van der Waals surface area (Å²) in [5.74, 6) is 1.11. The molecule has 7 heteroatoms. The van der Waals surface area contributed by atoms with Gasteiger partial charge in [0.05, 0.1) is 0 Å². The van der Waals surface area contributed by atoms with E-state index in [1.165, 1.54) is 16.0 Å². The molecule has 0 bridgehead atoms. The number of nitrogens with zero attached hydrogens (tertiary/aromatic N) is 1. The van der Waals surface area contributed by atoms with Gasteiger partial charge in [-0.25, -0.2) is 4.57 Å². The van der Waals surface area contributed by atoms with Gasteiger partial charge in [0.15, 0.2) is 0 Å². The van der Waals surface area contributed by atoms with Gasteiger partial charge < -0.3 is 14.7 Å². The highest BCUT2D eigenvalue weighted by Gasteiger charge is 2.12. The zero-order valence-electron chi connectivity index (χ0n) is 14.1. The van der Waals surface area contributed by atoms with Crippen LogP contribution in [0.25, 0.3) is 0 Å². The van der Waals surface area contributed by atoms with E-state index in [4.69, 9.17) is 19.2 Å². The molecule has 0 aliphatic rings. The minimum atomic E-state index is -4.64. The van der Waals surface area contributed by atoms with Gasteiger partial charge in [-0.15, -0.1) is 11.8 Å². The van der Waals surface area contributed by atoms with Gasteiger partial charge >= 0.3 is 7.82 Å².